The zero-order valence-electron chi connectivity index (χ0n) is 17.7. The average molecular weight is 405 g/mol. The Morgan fingerprint density at radius 3 is 2.23 bits per heavy atom. The summed E-state index contributed by atoms with van der Waals surface area (Å²) in [6, 6.07) is 16.9. The van der Waals surface area contributed by atoms with Gasteiger partial charge in [0.1, 0.15) is 0 Å². The first-order chi connectivity index (χ1) is 14.7. The van der Waals surface area contributed by atoms with Crippen LogP contribution in [0.2, 0.25) is 0 Å². The fraction of sp³-hybridized carbons (Fsp3) is 0.280. The van der Waals surface area contributed by atoms with Gasteiger partial charge in [-0.05, 0) is 48.9 Å². The first-order valence-corrected chi connectivity index (χ1v) is 10.2. The summed E-state index contributed by atoms with van der Waals surface area (Å²) in [7, 11) is 4.90. The molecule has 0 aliphatic rings. The summed E-state index contributed by atoms with van der Waals surface area (Å²) >= 11 is 0. The molecule has 1 heterocycles. The number of rotatable bonds is 8. The number of nitrogens with two attached hydrogens (primary N) is 1. The zero-order chi connectivity index (χ0) is 21.1. The lowest BCUT2D eigenvalue weighted by Gasteiger charge is -2.14. The standard InChI is InChI=1S/C25H28N2O3/c1-28-21-14-17(15-22(29-2)25(21)30-3)23-19(10-6-7-13-26)20-12-11-16-8-4-5-9-18(16)24(20)27-23/h4-5,8-9,11-12,14-15,27H,6-7,10,13,26H2,1-3H3. The van der Waals surface area contributed by atoms with Gasteiger partial charge in [-0.2, -0.15) is 0 Å². The third-order valence-electron chi connectivity index (χ3n) is 5.64. The summed E-state index contributed by atoms with van der Waals surface area (Å²) < 4.78 is 16.7. The normalized spacial score (nSPS) is 11.2. The Bertz CT molecular complexity index is 1150. The molecule has 30 heavy (non-hydrogen) atoms. The number of fused-ring (bicyclic) bond motifs is 3. The van der Waals surface area contributed by atoms with Crippen LogP contribution < -0.4 is 19.9 Å². The van der Waals surface area contributed by atoms with Crippen molar-refractivity contribution in [3.8, 4) is 28.5 Å². The maximum atomic E-state index is 5.76. The number of aromatic amines is 1. The van der Waals surface area contributed by atoms with Gasteiger partial charge in [0, 0.05) is 22.0 Å². The summed E-state index contributed by atoms with van der Waals surface area (Å²) in [4.78, 5) is 3.71. The van der Waals surface area contributed by atoms with Crippen LogP contribution in [0.4, 0.5) is 0 Å². The molecule has 0 unspecified atom stereocenters. The lowest BCUT2D eigenvalue weighted by atomic mass is 9.98. The highest BCUT2D eigenvalue weighted by Gasteiger charge is 2.19. The predicted octanol–water partition coefficient (Wildman–Crippen LogP) is 5.30. The third kappa shape index (κ3) is 3.46. The number of aromatic nitrogens is 1. The van der Waals surface area contributed by atoms with Crippen LogP contribution in [-0.2, 0) is 6.42 Å². The molecule has 0 saturated heterocycles. The van der Waals surface area contributed by atoms with Crippen LogP contribution in [0.1, 0.15) is 18.4 Å². The van der Waals surface area contributed by atoms with Crippen molar-refractivity contribution in [2.45, 2.75) is 19.3 Å². The molecule has 156 valence electrons. The van der Waals surface area contributed by atoms with E-state index in [1.807, 2.05) is 12.1 Å². The van der Waals surface area contributed by atoms with Gasteiger partial charge in [0.2, 0.25) is 5.75 Å². The molecule has 1 aromatic heterocycles. The number of methoxy groups -OCH3 is 3. The maximum Gasteiger partial charge on any atom is 0.203 e. The molecule has 0 spiro atoms. The molecule has 3 aromatic carbocycles. The first kappa shape index (κ1) is 20.1. The summed E-state index contributed by atoms with van der Waals surface area (Å²) in [5.74, 6) is 1.88. The van der Waals surface area contributed by atoms with Gasteiger partial charge in [-0.3, -0.25) is 0 Å². The quantitative estimate of drug-likeness (QED) is 0.391. The molecule has 0 aliphatic carbocycles. The number of hydrogen-bond donors (Lipinski definition) is 2. The minimum Gasteiger partial charge on any atom is -0.493 e. The van der Waals surface area contributed by atoms with E-state index in [1.165, 1.54) is 21.7 Å². The molecular weight excluding hydrogens is 376 g/mol. The van der Waals surface area contributed by atoms with Crippen molar-refractivity contribution in [2.24, 2.45) is 5.73 Å². The van der Waals surface area contributed by atoms with Crippen LogP contribution in [0, 0.1) is 0 Å². The second-order valence-corrected chi connectivity index (χ2v) is 7.35. The summed E-state index contributed by atoms with van der Waals surface area (Å²) in [6.45, 7) is 0.699. The molecule has 0 saturated carbocycles. The topological polar surface area (TPSA) is 69.5 Å². The highest BCUT2D eigenvalue weighted by Crippen LogP contribution is 2.43. The van der Waals surface area contributed by atoms with E-state index in [2.05, 4.69) is 41.4 Å². The molecule has 0 fully saturated rings. The van der Waals surface area contributed by atoms with Crippen molar-refractivity contribution in [3.63, 3.8) is 0 Å². The third-order valence-corrected chi connectivity index (χ3v) is 5.64. The van der Waals surface area contributed by atoms with Gasteiger partial charge < -0.3 is 24.9 Å². The molecule has 0 bridgehead atoms. The zero-order valence-corrected chi connectivity index (χ0v) is 17.7. The van der Waals surface area contributed by atoms with E-state index in [0.29, 0.717) is 23.8 Å². The first-order valence-electron chi connectivity index (χ1n) is 10.2. The Morgan fingerprint density at radius 2 is 1.57 bits per heavy atom. The highest BCUT2D eigenvalue weighted by molar-refractivity contribution is 6.08. The van der Waals surface area contributed by atoms with Crippen LogP contribution in [0.5, 0.6) is 17.2 Å². The van der Waals surface area contributed by atoms with Gasteiger partial charge in [0.15, 0.2) is 11.5 Å². The summed E-state index contributed by atoms with van der Waals surface area (Å²) in [5.41, 5.74) is 10.3. The number of ether oxygens (including phenoxy) is 3. The Labute approximate surface area is 176 Å². The lowest BCUT2D eigenvalue weighted by Crippen LogP contribution is -2.00. The summed E-state index contributed by atoms with van der Waals surface area (Å²) in [6.07, 6.45) is 2.98. The smallest absolute Gasteiger partial charge is 0.203 e. The molecular formula is C25H28N2O3. The monoisotopic (exact) mass is 404 g/mol. The van der Waals surface area contributed by atoms with Gasteiger partial charge in [-0.1, -0.05) is 36.4 Å². The van der Waals surface area contributed by atoms with Gasteiger partial charge in [-0.25, -0.2) is 0 Å². The predicted molar refractivity (Wildman–Crippen MR) is 123 cm³/mol. The van der Waals surface area contributed by atoms with E-state index in [1.54, 1.807) is 21.3 Å². The molecule has 4 aromatic rings. The largest absolute Gasteiger partial charge is 0.493 e. The van der Waals surface area contributed by atoms with Crippen LogP contribution in [-0.4, -0.2) is 32.9 Å². The highest BCUT2D eigenvalue weighted by atomic mass is 16.5. The lowest BCUT2D eigenvalue weighted by molar-refractivity contribution is 0.324. The van der Waals surface area contributed by atoms with E-state index in [-0.39, 0.29) is 0 Å². The fourth-order valence-electron chi connectivity index (χ4n) is 4.17. The van der Waals surface area contributed by atoms with E-state index in [0.717, 1.165) is 36.0 Å². The number of hydrogen-bond acceptors (Lipinski definition) is 4. The Morgan fingerprint density at radius 1 is 0.833 bits per heavy atom. The van der Waals surface area contributed by atoms with Crippen molar-refractivity contribution in [2.75, 3.05) is 27.9 Å². The molecule has 4 rings (SSSR count). The number of aryl methyl sites for hydroxylation is 1. The molecule has 0 atom stereocenters. The van der Waals surface area contributed by atoms with Gasteiger partial charge in [0.25, 0.3) is 0 Å². The van der Waals surface area contributed by atoms with Crippen LogP contribution in [0.25, 0.3) is 32.9 Å². The Hall–Kier alpha value is -3.18. The minimum absolute atomic E-state index is 0.593. The molecule has 0 aliphatic heterocycles. The average Bonchev–Trinajstić information content (AvgIpc) is 3.17. The van der Waals surface area contributed by atoms with E-state index >= 15 is 0 Å². The molecule has 0 amide bonds. The van der Waals surface area contributed by atoms with Crippen molar-refractivity contribution >= 4 is 21.7 Å². The minimum atomic E-state index is 0.593. The molecule has 5 heteroatoms. The van der Waals surface area contributed by atoms with Crippen molar-refractivity contribution in [1.29, 1.82) is 0 Å². The van der Waals surface area contributed by atoms with Crippen LogP contribution in [0.15, 0.2) is 48.5 Å². The molecule has 3 N–H and O–H groups in total. The van der Waals surface area contributed by atoms with Crippen LogP contribution >= 0.6 is 0 Å². The Balaban J connectivity index is 1.97. The van der Waals surface area contributed by atoms with E-state index in [4.69, 9.17) is 19.9 Å². The second kappa shape index (κ2) is 8.67. The van der Waals surface area contributed by atoms with Crippen molar-refractivity contribution in [3.05, 3.63) is 54.1 Å². The van der Waals surface area contributed by atoms with E-state index in [9.17, 15) is 0 Å². The van der Waals surface area contributed by atoms with Gasteiger partial charge in [0.05, 0.1) is 26.8 Å². The van der Waals surface area contributed by atoms with Crippen molar-refractivity contribution < 1.29 is 14.2 Å². The molecule has 0 radical (unpaired) electrons. The molecule has 5 nitrogen and oxygen atoms in total. The van der Waals surface area contributed by atoms with Crippen molar-refractivity contribution in [1.82, 2.24) is 4.98 Å². The van der Waals surface area contributed by atoms with E-state index < -0.39 is 0 Å². The Kier molecular flexibility index (Phi) is 5.81. The summed E-state index contributed by atoms with van der Waals surface area (Å²) in [5, 5.41) is 3.68. The van der Waals surface area contributed by atoms with Gasteiger partial charge >= 0.3 is 0 Å². The second-order valence-electron chi connectivity index (χ2n) is 7.35. The fourth-order valence-corrected chi connectivity index (χ4v) is 4.17. The number of unbranched alkanes of at least 4 members (excludes halogenated alkanes) is 1. The van der Waals surface area contributed by atoms with Crippen LogP contribution in [0.3, 0.4) is 0 Å². The van der Waals surface area contributed by atoms with Gasteiger partial charge in [-0.15, -0.1) is 0 Å². The number of H-pyrrole nitrogens is 1. The SMILES string of the molecule is COc1cc(-c2[nH]c3c(ccc4ccccc43)c2CCCCN)cc(OC)c1OC. The maximum absolute atomic E-state index is 5.76. The number of nitrogens with one attached hydrogen (secondary N) is 1. The number of benzene rings is 3.